The van der Waals surface area contributed by atoms with Crippen molar-refractivity contribution in [2.75, 3.05) is 0 Å². The zero-order valence-corrected chi connectivity index (χ0v) is 23.6. The topological polar surface area (TPSA) is 98.6 Å². The molecular weight excluding hydrogens is 558 g/mol. The van der Waals surface area contributed by atoms with Crippen LogP contribution in [0.25, 0.3) is 97.7 Å². The van der Waals surface area contributed by atoms with Crippen LogP contribution in [0.2, 0.25) is 0 Å². The highest BCUT2D eigenvalue weighted by molar-refractivity contribution is 6.26. The maximum absolute atomic E-state index is 14.5. The SMILES string of the molecule is O=c1c2cc3ccccc3cc2[nH]c2c1c1[nH]c3cc4ccccc4cc3c(=O)c1c1[nH]c3cc4ccccc4cc3c(=O)c21. The summed E-state index contributed by atoms with van der Waals surface area (Å²) >= 11 is 0. The number of H-pyrrole nitrogens is 3. The van der Waals surface area contributed by atoms with Gasteiger partial charge in [0.15, 0.2) is 16.3 Å². The van der Waals surface area contributed by atoms with Gasteiger partial charge in [-0.05, 0) is 68.7 Å². The lowest BCUT2D eigenvalue weighted by Gasteiger charge is -2.14. The van der Waals surface area contributed by atoms with Gasteiger partial charge in [-0.1, -0.05) is 72.8 Å². The lowest BCUT2D eigenvalue weighted by molar-refractivity contribution is 1.45. The maximum atomic E-state index is 14.5. The summed E-state index contributed by atoms with van der Waals surface area (Å²) in [5, 5.41) is 8.06. The molecule has 0 bridgehead atoms. The van der Waals surface area contributed by atoms with Crippen molar-refractivity contribution in [1.29, 1.82) is 0 Å². The molecule has 3 aromatic heterocycles. The molecule has 10 rings (SSSR count). The Labute approximate surface area is 252 Å². The molecule has 0 aliphatic heterocycles. The second-order valence-corrected chi connectivity index (χ2v) is 11.8. The van der Waals surface area contributed by atoms with Gasteiger partial charge in [0.05, 0.1) is 49.3 Å². The highest BCUT2D eigenvalue weighted by Gasteiger charge is 2.22. The molecule has 0 atom stereocenters. The minimum Gasteiger partial charge on any atom is -0.354 e. The normalized spacial score (nSPS) is 12.3. The Hall–Kier alpha value is -6.27. The van der Waals surface area contributed by atoms with Gasteiger partial charge in [0.2, 0.25) is 0 Å². The van der Waals surface area contributed by atoms with Crippen molar-refractivity contribution in [3.05, 3.63) is 140 Å². The highest BCUT2D eigenvalue weighted by Crippen LogP contribution is 2.33. The average Bonchev–Trinajstić information content (AvgIpc) is 3.06. The van der Waals surface area contributed by atoms with Gasteiger partial charge in [-0.25, -0.2) is 0 Å². The van der Waals surface area contributed by atoms with Gasteiger partial charge in [-0.2, -0.15) is 0 Å². The Morgan fingerprint density at radius 3 is 0.844 bits per heavy atom. The number of benzene rings is 7. The van der Waals surface area contributed by atoms with Crippen molar-refractivity contribution in [2.45, 2.75) is 0 Å². The zero-order chi connectivity index (χ0) is 30.0. The summed E-state index contributed by atoms with van der Waals surface area (Å²) in [7, 11) is 0. The molecule has 0 aliphatic carbocycles. The van der Waals surface area contributed by atoms with E-state index in [4.69, 9.17) is 0 Å². The van der Waals surface area contributed by atoms with Crippen LogP contribution in [0.3, 0.4) is 0 Å². The molecule has 0 aliphatic rings. The van der Waals surface area contributed by atoms with Crippen LogP contribution >= 0.6 is 0 Å². The second-order valence-electron chi connectivity index (χ2n) is 11.8. The van der Waals surface area contributed by atoms with Gasteiger partial charge in [0.1, 0.15) is 0 Å². The fraction of sp³-hybridized carbons (Fsp3) is 0. The molecule has 0 fully saturated rings. The van der Waals surface area contributed by atoms with Crippen molar-refractivity contribution in [2.24, 2.45) is 0 Å². The number of hydrogen-bond donors (Lipinski definition) is 3. The van der Waals surface area contributed by atoms with E-state index in [9.17, 15) is 14.4 Å². The summed E-state index contributed by atoms with van der Waals surface area (Å²) in [6.07, 6.45) is 0. The Balaban J connectivity index is 1.52. The Bertz CT molecular complexity index is 2800. The fourth-order valence-corrected chi connectivity index (χ4v) is 7.21. The number of pyridine rings is 3. The number of aromatic nitrogens is 3. The molecule has 10 aromatic rings. The third kappa shape index (κ3) is 3.20. The summed E-state index contributed by atoms with van der Waals surface area (Å²) < 4.78 is 0. The number of hydrogen-bond acceptors (Lipinski definition) is 3. The smallest absolute Gasteiger partial charge is 0.199 e. The maximum Gasteiger partial charge on any atom is 0.199 e. The highest BCUT2D eigenvalue weighted by atomic mass is 16.1. The molecule has 6 nitrogen and oxygen atoms in total. The van der Waals surface area contributed by atoms with E-state index in [-0.39, 0.29) is 32.4 Å². The van der Waals surface area contributed by atoms with Crippen LogP contribution < -0.4 is 16.3 Å². The van der Waals surface area contributed by atoms with Crippen molar-refractivity contribution >= 4 is 97.7 Å². The van der Waals surface area contributed by atoms with Crippen molar-refractivity contribution in [3.8, 4) is 0 Å². The van der Waals surface area contributed by atoms with Crippen molar-refractivity contribution in [1.82, 2.24) is 15.0 Å². The minimum atomic E-state index is -0.245. The standard InChI is InChI=1S/C39H21N3O3/c43-37-25-13-19-7-1-4-10-22(19)16-28(25)40-34-31(37)35-33(39(45)26-14-20-8-2-5-11-23(20)17-29(26)41-35)36-32(34)38(44)27-15-21-9-3-6-12-24(21)18-30(27)42-36/h1-18H,(H,40,43)(H,41,45)(H,42,44). The Morgan fingerprint density at radius 2 is 0.578 bits per heavy atom. The van der Waals surface area contributed by atoms with E-state index in [1.165, 1.54) is 0 Å². The van der Waals surface area contributed by atoms with Gasteiger partial charge >= 0.3 is 0 Å². The number of aromatic amines is 3. The first-order valence-electron chi connectivity index (χ1n) is 14.8. The van der Waals surface area contributed by atoms with E-state index in [1.54, 1.807) is 0 Å². The minimum absolute atomic E-state index is 0.245. The van der Waals surface area contributed by atoms with Crippen LogP contribution in [-0.4, -0.2) is 15.0 Å². The van der Waals surface area contributed by atoms with Crippen LogP contribution in [0.15, 0.2) is 124 Å². The molecule has 210 valence electrons. The van der Waals surface area contributed by atoms with E-state index in [0.717, 1.165) is 32.3 Å². The van der Waals surface area contributed by atoms with Crippen LogP contribution in [0.1, 0.15) is 0 Å². The molecule has 0 radical (unpaired) electrons. The largest absolute Gasteiger partial charge is 0.354 e. The van der Waals surface area contributed by atoms with Crippen molar-refractivity contribution < 1.29 is 0 Å². The molecule has 0 saturated heterocycles. The molecule has 0 spiro atoms. The van der Waals surface area contributed by atoms with Gasteiger partial charge in [0.25, 0.3) is 0 Å². The van der Waals surface area contributed by atoms with E-state index >= 15 is 0 Å². The molecule has 45 heavy (non-hydrogen) atoms. The van der Waals surface area contributed by atoms with E-state index in [1.807, 2.05) is 109 Å². The van der Waals surface area contributed by atoms with E-state index in [2.05, 4.69) is 15.0 Å². The van der Waals surface area contributed by atoms with Crippen molar-refractivity contribution in [3.63, 3.8) is 0 Å². The van der Waals surface area contributed by atoms with Crippen LogP contribution in [0.4, 0.5) is 0 Å². The quantitative estimate of drug-likeness (QED) is 0.125. The van der Waals surface area contributed by atoms with Crippen LogP contribution in [-0.2, 0) is 0 Å². The molecule has 3 heterocycles. The third-order valence-corrected chi connectivity index (χ3v) is 9.35. The number of rotatable bonds is 0. The first-order chi connectivity index (χ1) is 22.0. The molecule has 0 amide bonds. The summed E-state index contributed by atoms with van der Waals surface area (Å²) in [4.78, 5) is 54.1. The van der Waals surface area contributed by atoms with E-state index in [0.29, 0.717) is 49.3 Å². The summed E-state index contributed by atoms with van der Waals surface area (Å²) in [6, 6.07) is 35.0. The second kappa shape index (κ2) is 8.42. The molecular formula is C39H21N3O3. The summed E-state index contributed by atoms with van der Waals surface area (Å²) in [5.74, 6) is 0. The molecule has 0 saturated carbocycles. The molecule has 6 heteroatoms. The van der Waals surface area contributed by atoms with E-state index < -0.39 is 0 Å². The molecule has 0 unspecified atom stereocenters. The summed E-state index contributed by atoms with van der Waals surface area (Å²) in [5.41, 5.74) is 2.34. The average molecular weight is 580 g/mol. The predicted molar refractivity (Wildman–Crippen MR) is 186 cm³/mol. The first-order valence-corrected chi connectivity index (χ1v) is 14.8. The Kier molecular flexibility index (Phi) is 4.53. The monoisotopic (exact) mass is 579 g/mol. The third-order valence-electron chi connectivity index (χ3n) is 9.35. The lowest BCUT2D eigenvalue weighted by atomic mass is 9.96. The number of nitrogens with one attached hydrogen (secondary N) is 3. The van der Waals surface area contributed by atoms with Gasteiger partial charge < -0.3 is 15.0 Å². The number of fused-ring (bicyclic) bond motifs is 12. The summed E-state index contributed by atoms with van der Waals surface area (Å²) in [6.45, 7) is 0. The van der Waals surface area contributed by atoms with Gasteiger partial charge in [-0.3, -0.25) is 14.4 Å². The van der Waals surface area contributed by atoms with Crippen LogP contribution in [0, 0.1) is 0 Å². The Morgan fingerprint density at radius 1 is 0.333 bits per heavy atom. The zero-order valence-electron chi connectivity index (χ0n) is 23.6. The van der Waals surface area contributed by atoms with Crippen LogP contribution in [0.5, 0.6) is 0 Å². The van der Waals surface area contributed by atoms with Gasteiger partial charge in [0, 0.05) is 16.2 Å². The molecule has 3 N–H and O–H groups in total. The predicted octanol–water partition coefficient (Wildman–Crippen LogP) is 8.13. The first kappa shape index (κ1) is 24.2. The molecule has 7 aromatic carbocycles. The fourth-order valence-electron chi connectivity index (χ4n) is 7.21. The van der Waals surface area contributed by atoms with Gasteiger partial charge in [-0.15, -0.1) is 0 Å². The lowest BCUT2D eigenvalue weighted by Crippen LogP contribution is -2.15.